The maximum atomic E-state index is 12.8. The van der Waals surface area contributed by atoms with Gasteiger partial charge < -0.3 is 14.2 Å². The predicted molar refractivity (Wildman–Crippen MR) is 132 cm³/mol. The molecular weight excluding hydrogens is 452 g/mol. The quantitative estimate of drug-likeness (QED) is 0.419. The van der Waals surface area contributed by atoms with Gasteiger partial charge in [-0.25, -0.2) is 0 Å². The molecule has 188 valence electrons. The van der Waals surface area contributed by atoms with E-state index in [4.69, 9.17) is 18.4 Å². The van der Waals surface area contributed by atoms with Gasteiger partial charge in [-0.3, -0.25) is 4.18 Å². The Balaban J connectivity index is 1.75. The molecule has 5 atom stereocenters. The van der Waals surface area contributed by atoms with Crippen LogP contribution in [0.5, 0.6) is 0 Å². The van der Waals surface area contributed by atoms with Gasteiger partial charge in [0.15, 0.2) is 5.79 Å². The van der Waals surface area contributed by atoms with Crippen LogP contribution in [0, 0.1) is 24.7 Å². The molecule has 1 aliphatic rings. The van der Waals surface area contributed by atoms with Crippen molar-refractivity contribution in [2.75, 3.05) is 13.2 Å². The molecule has 1 aliphatic heterocycles. The van der Waals surface area contributed by atoms with E-state index in [2.05, 4.69) is 13.8 Å². The van der Waals surface area contributed by atoms with Crippen LogP contribution in [0.2, 0.25) is 0 Å². The van der Waals surface area contributed by atoms with E-state index >= 15 is 0 Å². The SMILES string of the molecule is Cc1ccc(S(=O)(=O)OC[C@@H](C)[C@@H](OCc2ccccc2)[C@@H](C)[C@@H]2OC(C)(C)OC[C@H]2C)cc1. The Morgan fingerprint density at radius 3 is 2.35 bits per heavy atom. The zero-order chi connectivity index (χ0) is 24.9. The first-order chi connectivity index (χ1) is 16.0. The van der Waals surface area contributed by atoms with Gasteiger partial charge in [-0.15, -0.1) is 0 Å². The van der Waals surface area contributed by atoms with Crippen LogP contribution in [0.3, 0.4) is 0 Å². The van der Waals surface area contributed by atoms with Gasteiger partial charge in [-0.2, -0.15) is 8.42 Å². The smallest absolute Gasteiger partial charge is 0.296 e. The lowest BCUT2D eigenvalue weighted by Crippen LogP contribution is -2.51. The lowest BCUT2D eigenvalue weighted by molar-refractivity contribution is -0.306. The van der Waals surface area contributed by atoms with E-state index in [1.807, 2.05) is 58.0 Å². The minimum atomic E-state index is -3.86. The second kappa shape index (κ2) is 11.3. The molecule has 1 fully saturated rings. The van der Waals surface area contributed by atoms with Gasteiger partial charge in [0.25, 0.3) is 10.1 Å². The van der Waals surface area contributed by atoms with Crippen LogP contribution in [0.1, 0.15) is 45.7 Å². The highest BCUT2D eigenvalue weighted by atomic mass is 32.2. The lowest BCUT2D eigenvalue weighted by atomic mass is 9.83. The molecule has 34 heavy (non-hydrogen) atoms. The molecule has 2 aromatic rings. The number of hydrogen-bond donors (Lipinski definition) is 0. The number of benzene rings is 2. The molecule has 0 spiro atoms. The number of rotatable bonds is 10. The molecule has 0 N–H and O–H groups in total. The van der Waals surface area contributed by atoms with Crippen LogP contribution in [0.4, 0.5) is 0 Å². The maximum Gasteiger partial charge on any atom is 0.296 e. The summed E-state index contributed by atoms with van der Waals surface area (Å²) < 4.78 is 49.5. The zero-order valence-electron chi connectivity index (χ0n) is 21.1. The monoisotopic (exact) mass is 490 g/mol. The maximum absolute atomic E-state index is 12.8. The molecule has 1 heterocycles. The Bertz CT molecular complexity index is 1000. The van der Waals surface area contributed by atoms with E-state index in [1.165, 1.54) is 0 Å². The van der Waals surface area contributed by atoms with E-state index in [-0.39, 0.29) is 41.5 Å². The highest BCUT2D eigenvalue weighted by Crippen LogP contribution is 2.34. The summed E-state index contributed by atoms with van der Waals surface area (Å²) in [6, 6.07) is 16.6. The number of aryl methyl sites for hydroxylation is 1. The lowest BCUT2D eigenvalue weighted by Gasteiger charge is -2.45. The molecule has 3 rings (SSSR count). The van der Waals surface area contributed by atoms with Gasteiger partial charge in [0, 0.05) is 17.8 Å². The van der Waals surface area contributed by atoms with Crippen molar-refractivity contribution in [3.63, 3.8) is 0 Å². The van der Waals surface area contributed by atoms with Crippen molar-refractivity contribution in [2.45, 2.75) is 71.0 Å². The summed E-state index contributed by atoms with van der Waals surface area (Å²) in [5.74, 6) is -0.706. The molecule has 1 saturated heterocycles. The molecule has 2 aromatic carbocycles. The van der Waals surface area contributed by atoms with Crippen LogP contribution in [0.15, 0.2) is 59.5 Å². The zero-order valence-corrected chi connectivity index (χ0v) is 21.9. The predicted octanol–water partition coefficient (Wildman–Crippen LogP) is 5.35. The average molecular weight is 491 g/mol. The fourth-order valence-electron chi connectivity index (χ4n) is 4.38. The Hall–Kier alpha value is -1.77. The number of hydrogen-bond acceptors (Lipinski definition) is 6. The van der Waals surface area contributed by atoms with Crippen molar-refractivity contribution >= 4 is 10.1 Å². The second-order valence-electron chi connectivity index (χ2n) is 9.92. The van der Waals surface area contributed by atoms with Gasteiger partial charge in [0.1, 0.15) is 0 Å². The van der Waals surface area contributed by atoms with Crippen molar-refractivity contribution in [1.82, 2.24) is 0 Å². The fraction of sp³-hybridized carbons (Fsp3) is 0.556. The van der Waals surface area contributed by atoms with Crippen molar-refractivity contribution in [1.29, 1.82) is 0 Å². The normalized spacial score (nSPS) is 23.2. The third-order valence-corrected chi connectivity index (χ3v) is 7.65. The van der Waals surface area contributed by atoms with Gasteiger partial charge in [0.2, 0.25) is 0 Å². The molecule has 0 radical (unpaired) electrons. The molecule has 0 aliphatic carbocycles. The van der Waals surface area contributed by atoms with Crippen LogP contribution < -0.4 is 0 Å². The summed E-state index contributed by atoms with van der Waals surface area (Å²) >= 11 is 0. The number of ether oxygens (including phenoxy) is 3. The third kappa shape index (κ3) is 7.12. The summed E-state index contributed by atoms with van der Waals surface area (Å²) in [5.41, 5.74) is 2.05. The summed E-state index contributed by atoms with van der Waals surface area (Å²) in [4.78, 5) is 0.156. The summed E-state index contributed by atoms with van der Waals surface area (Å²) in [6.07, 6.45) is -0.379. The summed E-state index contributed by atoms with van der Waals surface area (Å²) in [5, 5.41) is 0. The Morgan fingerprint density at radius 1 is 1.06 bits per heavy atom. The van der Waals surface area contributed by atoms with Crippen LogP contribution in [0.25, 0.3) is 0 Å². The average Bonchev–Trinajstić information content (AvgIpc) is 2.80. The van der Waals surface area contributed by atoms with E-state index in [0.717, 1.165) is 11.1 Å². The van der Waals surface area contributed by atoms with Crippen molar-refractivity contribution in [2.24, 2.45) is 17.8 Å². The van der Waals surface area contributed by atoms with Gasteiger partial charge in [0.05, 0.1) is 36.9 Å². The molecule has 0 amide bonds. The molecule has 7 heteroatoms. The van der Waals surface area contributed by atoms with Crippen LogP contribution in [-0.2, 0) is 35.1 Å². The van der Waals surface area contributed by atoms with Crippen LogP contribution >= 0.6 is 0 Å². The molecule has 0 bridgehead atoms. The topological polar surface area (TPSA) is 71.1 Å². The Morgan fingerprint density at radius 2 is 1.71 bits per heavy atom. The second-order valence-corrected chi connectivity index (χ2v) is 11.5. The summed E-state index contributed by atoms with van der Waals surface area (Å²) in [7, 11) is -3.86. The fourth-order valence-corrected chi connectivity index (χ4v) is 5.38. The minimum absolute atomic E-state index is 0.0115. The summed E-state index contributed by atoms with van der Waals surface area (Å²) in [6.45, 7) is 12.9. The van der Waals surface area contributed by atoms with Gasteiger partial charge >= 0.3 is 0 Å². The highest BCUT2D eigenvalue weighted by molar-refractivity contribution is 7.86. The first-order valence-corrected chi connectivity index (χ1v) is 13.3. The van der Waals surface area contributed by atoms with E-state index in [1.54, 1.807) is 24.3 Å². The highest BCUT2D eigenvalue weighted by Gasteiger charge is 2.41. The van der Waals surface area contributed by atoms with E-state index in [9.17, 15) is 8.42 Å². The van der Waals surface area contributed by atoms with Crippen molar-refractivity contribution in [3.05, 3.63) is 65.7 Å². The minimum Gasteiger partial charge on any atom is -0.373 e. The van der Waals surface area contributed by atoms with Crippen molar-refractivity contribution in [3.8, 4) is 0 Å². The van der Waals surface area contributed by atoms with E-state index in [0.29, 0.717) is 13.2 Å². The molecule has 0 unspecified atom stereocenters. The van der Waals surface area contributed by atoms with E-state index < -0.39 is 15.9 Å². The first kappa shape index (κ1) is 26.8. The van der Waals surface area contributed by atoms with Gasteiger partial charge in [-0.05, 0) is 38.5 Å². The largest absolute Gasteiger partial charge is 0.373 e. The van der Waals surface area contributed by atoms with Gasteiger partial charge in [-0.1, -0.05) is 68.8 Å². The molecule has 0 aromatic heterocycles. The van der Waals surface area contributed by atoms with Crippen molar-refractivity contribution < 1.29 is 26.8 Å². The Labute approximate surface area is 204 Å². The molecule has 6 nitrogen and oxygen atoms in total. The Kier molecular flexibility index (Phi) is 8.93. The molecular formula is C27H38O6S. The molecule has 0 saturated carbocycles. The van der Waals surface area contributed by atoms with Crippen LogP contribution in [-0.4, -0.2) is 39.6 Å². The first-order valence-electron chi connectivity index (χ1n) is 11.9. The third-order valence-electron chi connectivity index (χ3n) is 6.35. The standard InChI is InChI=1S/C27H38O6S/c1-19-12-14-24(15-13-19)34(28,29)32-17-21(3)25(30-18-23-10-8-7-9-11-23)22(4)26-20(2)16-31-27(5,6)33-26/h7-15,20-22,25-26H,16-18H2,1-6H3/t20-,21-,22-,25-,26-/m1/s1.